The van der Waals surface area contributed by atoms with Crippen molar-refractivity contribution in [2.75, 3.05) is 13.1 Å². The predicted molar refractivity (Wildman–Crippen MR) is 88.8 cm³/mol. The number of carbonyl (C=O) groups is 1. The summed E-state index contributed by atoms with van der Waals surface area (Å²) in [4.78, 5) is 14.2. The third-order valence-corrected chi connectivity index (χ3v) is 6.37. The first-order valence-corrected chi connectivity index (χ1v) is 9.50. The monoisotopic (exact) mass is 351 g/mol. The number of rotatable bonds is 3. The Morgan fingerprint density at radius 1 is 1.22 bits per heavy atom. The third-order valence-electron chi connectivity index (χ3n) is 3.98. The van der Waals surface area contributed by atoms with Crippen LogP contribution in [0.4, 0.5) is 0 Å². The van der Waals surface area contributed by atoms with E-state index in [1.54, 1.807) is 4.90 Å². The first-order valence-electron chi connectivity index (χ1n) is 7.07. The van der Waals surface area contributed by atoms with Crippen molar-refractivity contribution in [2.45, 2.75) is 16.2 Å². The minimum Gasteiger partial charge on any atom is -0.336 e. The number of hydrogen-bond acceptors (Lipinski definition) is 5. The molecule has 3 rings (SSSR count). The SMILES string of the molecule is N[C@@H]1CN(C(=O)c2csc(S(N)(=O)=O)c2)C[C@H]1c1ccccc1. The first kappa shape index (κ1) is 16.1. The van der Waals surface area contributed by atoms with Gasteiger partial charge in [-0.3, -0.25) is 4.79 Å². The molecule has 2 aromatic rings. The maximum atomic E-state index is 12.6. The normalized spacial score (nSPS) is 21.6. The molecule has 0 aliphatic carbocycles. The van der Waals surface area contributed by atoms with Gasteiger partial charge < -0.3 is 10.6 Å². The number of sulfonamides is 1. The van der Waals surface area contributed by atoms with Crippen molar-refractivity contribution in [3.63, 3.8) is 0 Å². The number of hydrogen-bond donors (Lipinski definition) is 2. The largest absolute Gasteiger partial charge is 0.336 e. The highest BCUT2D eigenvalue weighted by molar-refractivity contribution is 7.91. The third kappa shape index (κ3) is 3.30. The van der Waals surface area contributed by atoms with Crippen LogP contribution < -0.4 is 10.9 Å². The van der Waals surface area contributed by atoms with Gasteiger partial charge in [0, 0.05) is 30.4 Å². The Morgan fingerprint density at radius 2 is 1.91 bits per heavy atom. The summed E-state index contributed by atoms with van der Waals surface area (Å²) in [6, 6.07) is 11.0. The molecule has 1 aliphatic rings. The summed E-state index contributed by atoms with van der Waals surface area (Å²) in [6.45, 7) is 0.962. The molecule has 122 valence electrons. The summed E-state index contributed by atoms with van der Waals surface area (Å²) in [5.74, 6) is -0.137. The van der Waals surface area contributed by atoms with Crippen LogP contribution in [0.15, 0.2) is 46.0 Å². The van der Waals surface area contributed by atoms with Gasteiger partial charge in [0.2, 0.25) is 10.0 Å². The number of carbonyl (C=O) groups excluding carboxylic acids is 1. The molecular formula is C15H17N3O3S2. The fourth-order valence-electron chi connectivity index (χ4n) is 2.81. The topological polar surface area (TPSA) is 106 Å². The second-order valence-corrected chi connectivity index (χ2v) is 8.29. The van der Waals surface area contributed by atoms with Gasteiger partial charge in [0.15, 0.2) is 0 Å². The molecule has 2 heterocycles. The lowest BCUT2D eigenvalue weighted by atomic mass is 9.95. The molecular weight excluding hydrogens is 334 g/mol. The number of primary sulfonamides is 1. The van der Waals surface area contributed by atoms with E-state index in [4.69, 9.17) is 10.9 Å². The minimum atomic E-state index is -3.78. The smallest absolute Gasteiger partial charge is 0.254 e. The van der Waals surface area contributed by atoms with Gasteiger partial charge in [-0.05, 0) is 11.6 Å². The van der Waals surface area contributed by atoms with E-state index < -0.39 is 10.0 Å². The second-order valence-electron chi connectivity index (χ2n) is 5.59. The average Bonchev–Trinajstić information content (AvgIpc) is 3.14. The first-order chi connectivity index (χ1) is 10.9. The van der Waals surface area contributed by atoms with Crippen molar-refractivity contribution in [1.29, 1.82) is 0 Å². The van der Waals surface area contributed by atoms with Gasteiger partial charge in [0.05, 0.1) is 5.56 Å². The van der Waals surface area contributed by atoms with Crippen LogP contribution in [0, 0.1) is 0 Å². The Morgan fingerprint density at radius 3 is 2.52 bits per heavy atom. The van der Waals surface area contributed by atoms with Crippen LogP contribution in [0.3, 0.4) is 0 Å². The molecule has 0 unspecified atom stereocenters. The van der Waals surface area contributed by atoms with Crippen molar-refractivity contribution in [3.8, 4) is 0 Å². The molecule has 8 heteroatoms. The Kier molecular flexibility index (Phi) is 4.24. The van der Waals surface area contributed by atoms with Crippen LogP contribution in [-0.2, 0) is 10.0 Å². The molecule has 4 N–H and O–H groups in total. The van der Waals surface area contributed by atoms with E-state index in [0.717, 1.165) is 16.9 Å². The van der Waals surface area contributed by atoms with Gasteiger partial charge in [0.25, 0.3) is 5.91 Å². The quantitative estimate of drug-likeness (QED) is 0.859. The molecule has 1 aliphatic heterocycles. The molecule has 1 amide bonds. The zero-order chi connectivity index (χ0) is 16.6. The lowest BCUT2D eigenvalue weighted by Gasteiger charge is -2.15. The van der Waals surface area contributed by atoms with Crippen molar-refractivity contribution in [1.82, 2.24) is 4.90 Å². The number of amides is 1. The van der Waals surface area contributed by atoms with E-state index in [9.17, 15) is 13.2 Å². The minimum absolute atomic E-state index is 0.0102. The molecule has 1 saturated heterocycles. The fourth-order valence-corrected chi connectivity index (χ4v) is 4.39. The molecule has 1 fully saturated rings. The van der Waals surface area contributed by atoms with Gasteiger partial charge in [-0.2, -0.15) is 0 Å². The number of benzene rings is 1. The van der Waals surface area contributed by atoms with Crippen molar-refractivity contribution < 1.29 is 13.2 Å². The van der Waals surface area contributed by atoms with E-state index in [2.05, 4.69) is 0 Å². The van der Waals surface area contributed by atoms with Crippen LogP contribution in [-0.4, -0.2) is 38.4 Å². The molecule has 0 spiro atoms. The molecule has 1 aromatic carbocycles. The van der Waals surface area contributed by atoms with Crippen molar-refractivity contribution >= 4 is 27.3 Å². The van der Waals surface area contributed by atoms with Gasteiger partial charge in [0.1, 0.15) is 4.21 Å². The predicted octanol–water partition coefficient (Wildman–Crippen LogP) is 0.962. The van der Waals surface area contributed by atoms with Gasteiger partial charge in [-0.1, -0.05) is 30.3 Å². The van der Waals surface area contributed by atoms with Crippen LogP contribution in [0.1, 0.15) is 21.8 Å². The molecule has 0 bridgehead atoms. The Labute approximate surface area is 138 Å². The number of likely N-dealkylation sites (tertiary alicyclic amines) is 1. The highest BCUT2D eigenvalue weighted by Crippen LogP contribution is 2.28. The molecule has 2 atom stereocenters. The van der Waals surface area contributed by atoms with Crippen LogP contribution in [0.2, 0.25) is 0 Å². The summed E-state index contributed by atoms with van der Waals surface area (Å²) >= 11 is 0.950. The standard InChI is InChI=1S/C15H17N3O3S2/c16-13-8-18(7-12(13)10-4-2-1-3-5-10)15(19)11-6-14(22-9-11)23(17,20)21/h1-6,9,12-13H,7-8,16H2,(H2,17,20,21)/t12-,13+/m0/s1. The summed E-state index contributed by atoms with van der Waals surface area (Å²) in [7, 11) is -3.78. The van der Waals surface area contributed by atoms with E-state index in [-0.39, 0.29) is 22.1 Å². The summed E-state index contributed by atoms with van der Waals surface area (Å²) in [6.07, 6.45) is 0. The van der Waals surface area contributed by atoms with Gasteiger partial charge in [-0.15, -0.1) is 11.3 Å². The second kappa shape index (κ2) is 6.04. The lowest BCUT2D eigenvalue weighted by molar-refractivity contribution is 0.0789. The summed E-state index contributed by atoms with van der Waals surface area (Å²) in [5.41, 5.74) is 7.62. The van der Waals surface area contributed by atoms with Crippen LogP contribution in [0.5, 0.6) is 0 Å². The maximum Gasteiger partial charge on any atom is 0.254 e. The van der Waals surface area contributed by atoms with E-state index >= 15 is 0 Å². The summed E-state index contributed by atoms with van der Waals surface area (Å²) < 4.78 is 22.6. The number of nitrogens with two attached hydrogens (primary N) is 2. The highest BCUT2D eigenvalue weighted by Gasteiger charge is 2.34. The lowest BCUT2D eigenvalue weighted by Crippen LogP contribution is -2.32. The van der Waals surface area contributed by atoms with Crippen LogP contribution >= 0.6 is 11.3 Å². The zero-order valence-electron chi connectivity index (χ0n) is 12.3. The Bertz CT molecular complexity index is 818. The maximum absolute atomic E-state index is 12.6. The number of thiophene rings is 1. The van der Waals surface area contributed by atoms with E-state index in [0.29, 0.717) is 18.7 Å². The van der Waals surface area contributed by atoms with E-state index in [1.165, 1.54) is 11.4 Å². The Hall–Kier alpha value is -1.74. The molecule has 0 saturated carbocycles. The van der Waals surface area contributed by atoms with Crippen LogP contribution in [0.25, 0.3) is 0 Å². The molecule has 23 heavy (non-hydrogen) atoms. The zero-order valence-corrected chi connectivity index (χ0v) is 13.9. The van der Waals surface area contributed by atoms with Gasteiger partial charge >= 0.3 is 0 Å². The average molecular weight is 351 g/mol. The molecule has 6 nitrogen and oxygen atoms in total. The number of nitrogens with zero attached hydrogens (tertiary/aromatic N) is 1. The highest BCUT2D eigenvalue weighted by atomic mass is 32.2. The van der Waals surface area contributed by atoms with Crippen molar-refractivity contribution in [2.24, 2.45) is 10.9 Å². The summed E-state index contributed by atoms with van der Waals surface area (Å²) in [5, 5.41) is 6.60. The Balaban J connectivity index is 1.78. The van der Waals surface area contributed by atoms with Gasteiger partial charge in [-0.25, -0.2) is 13.6 Å². The van der Waals surface area contributed by atoms with E-state index in [1.807, 2.05) is 30.3 Å². The molecule has 0 radical (unpaired) electrons. The fraction of sp³-hybridized carbons (Fsp3) is 0.267. The molecule has 1 aromatic heterocycles. The van der Waals surface area contributed by atoms with Crippen molar-refractivity contribution in [3.05, 3.63) is 52.9 Å².